The van der Waals surface area contributed by atoms with Gasteiger partial charge in [-0.15, -0.1) is 0 Å². The van der Waals surface area contributed by atoms with E-state index < -0.39 is 21.8 Å². The summed E-state index contributed by atoms with van der Waals surface area (Å²) in [5.74, 6) is -0.122. The van der Waals surface area contributed by atoms with Gasteiger partial charge in [0.1, 0.15) is 0 Å². The van der Waals surface area contributed by atoms with E-state index in [1.165, 1.54) is 16.4 Å². The third-order valence-corrected chi connectivity index (χ3v) is 7.16. The molecule has 0 unspecified atom stereocenters. The highest BCUT2D eigenvalue weighted by Gasteiger charge is 2.36. The minimum Gasteiger partial charge on any atom is -0.207 e. The van der Waals surface area contributed by atoms with Gasteiger partial charge >= 0.3 is 6.18 Å². The molecule has 1 aliphatic heterocycles. The van der Waals surface area contributed by atoms with E-state index in [0.29, 0.717) is 6.42 Å². The van der Waals surface area contributed by atoms with E-state index >= 15 is 0 Å². The predicted octanol–water partition coefficient (Wildman–Crippen LogP) is 4.97. The third kappa shape index (κ3) is 4.19. The van der Waals surface area contributed by atoms with Crippen molar-refractivity contribution in [2.45, 2.75) is 49.7 Å². The second kappa shape index (κ2) is 7.28. The van der Waals surface area contributed by atoms with Crippen LogP contribution in [0, 0.1) is 6.92 Å². The van der Waals surface area contributed by atoms with Crippen LogP contribution in [0.5, 0.6) is 0 Å². The molecule has 7 heteroatoms. The molecule has 1 saturated heterocycles. The minimum absolute atomic E-state index is 0.122. The van der Waals surface area contributed by atoms with E-state index in [9.17, 15) is 21.6 Å². The number of alkyl halides is 3. The van der Waals surface area contributed by atoms with E-state index in [4.69, 9.17) is 0 Å². The van der Waals surface area contributed by atoms with Gasteiger partial charge in [0.15, 0.2) is 0 Å². The Morgan fingerprint density at radius 1 is 0.963 bits per heavy atom. The Bertz CT molecular complexity index is 890. The van der Waals surface area contributed by atoms with Crippen molar-refractivity contribution in [3.63, 3.8) is 0 Å². The lowest BCUT2D eigenvalue weighted by Crippen LogP contribution is -2.44. The van der Waals surface area contributed by atoms with Gasteiger partial charge in [0.2, 0.25) is 10.0 Å². The highest BCUT2D eigenvalue weighted by molar-refractivity contribution is 7.89. The zero-order valence-corrected chi connectivity index (χ0v) is 16.0. The standard InChI is InChI=1S/C20H22F3NO2S/c1-14-3-11-19(12-4-14)27(25,26)24-13-17(6-5-15(24)2)16-7-9-18(10-8-16)20(21,22)23/h3-4,7-12,15,17H,5-6,13H2,1-2H3/t15-,17-/m0/s1. The van der Waals surface area contributed by atoms with Crippen molar-refractivity contribution in [2.24, 2.45) is 0 Å². The quantitative estimate of drug-likeness (QED) is 0.733. The van der Waals surface area contributed by atoms with Crippen LogP contribution in [-0.4, -0.2) is 25.3 Å². The zero-order chi connectivity index (χ0) is 19.8. The number of sulfonamides is 1. The SMILES string of the molecule is Cc1ccc(S(=O)(=O)N2C[C@@H](c3ccc(C(F)(F)F)cc3)CC[C@@H]2C)cc1. The van der Waals surface area contributed by atoms with Gasteiger partial charge in [0.25, 0.3) is 0 Å². The monoisotopic (exact) mass is 397 g/mol. The molecule has 0 N–H and O–H groups in total. The maximum absolute atomic E-state index is 13.0. The number of nitrogens with zero attached hydrogens (tertiary/aromatic N) is 1. The molecular weight excluding hydrogens is 375 g/mol. The van der Waals surface area contributed by atoms with Gasteiger partial charge < -0.3 is 0 Å². The number of hydrogen-bond acceptors (Lipinski definition) is 2. The summed E-state index contributed by atoms with van der Waals surface area (Å²) in [7, 11) is -3.65. The second-order valence-electron chi connectivity index (χ2n) is 7.13. The molecule has 0 saturated carbocycles. The largest absolute Gasteiger partial charge is 0.416 e. The predicted molar refractivity (Wildman–Crippen MR) is 98.0 cm³/mol. The van der Waals surface area contributed by atoms with Crippen molar-refractivity contribution in [2.75, 3.05) is 6.54 Å². The van der Waals surface area contributed by atoms with Crippen LogP contribution in [0.4, 0.5) is 13.2 Å². The lowest BCUT2D eigenvalue weighted by molar-refractivity contribution is -0.137. The van der Waals surface area contributed by atoms with E-state index in [1.807, 2.05) is 13.8 Å². The smallest absolute Gasteiger partial charge is 0.207 e. The topological polar surface area (TPSA) is 37.4 Å². The van der Waals surface area contributed by atoms with Crippen molar-refractivity contribution in [3.8, 4) is 0 Å². The first-order valence-corrected chi connectivity index (χ1v) is 10.3. The molecule has 0 aliphatic carbocycles. The van der Waals surface area contributed by atoms with Crippen LogP contribution in [0.3, 0.4) is 0 Å². The second-order valence-corrected chi connectivity index (χ2v) is 9.02. The van der Waals surface area contributed by atoms with Crippen LogP contribution < -0.4 is 0 Å². The molecule has 3 rings (SSSR count). The van der Waals surface area contributed by atoms with Crippen LogP contribution >= 0.6 is 0 Å². The summed E-state index contributed by atoms with van der Waals surface area (Å²) in [6.45, 7) is 4.03. The number of rotatable bonds is 3. The molecule has 2 atom stereocenters. The molecule has 0 amide bonds. The molecule has 146 valence electrons. The van der Waals surface area contributed by atoms with Gasteiger partial charge in [-0.25, -0.2) is 8.42 Å². The fourth-order valence-corrected chi connectivity index (χ4v) is 5.18. The van der Waals surface area contributed by atoms with Crippen LogP contribution in [0.2, 0.25) is 0 Å². The number of benzene rings is 2. The number of hydrogen-bond donors (Lipinski definition) is 0. The minimum atomic E-state index is -4.37. The van der Waals surface area contributed by atoms with E-state index in [0.717, 1.165) is 29.7 Å². The summed E-state index contributed by atoms with van der Waals surface area (Å²) in [5, 5.41) is 0. The molecular formula is C20H22F3NO2S. The molecule has 0 radical (unpaired) electrons. The zero-order valence-electron chi connectivity index (χ0n) is 15.2. The van der Waals surface area contributed by atoms with Gasteiger partial charge in [-0.2, -0.15) is 17.5 Å². The summed E-state index contributed by atoms with van der Waals surface area (Å²) >= 11 is 0. The van der Waals surface area contributed by atoms with E-state index in [2.05, 4.69) is 0 Å². The van der Waals surface area contributed by atoms with Crippen molar-refractivity contribution in [3.05, 3.63) is 65.2 Å². The third-order valence-electron chi connectivity index (χ3n) is 5.16. The Balaban J connectivity index is 1.85. The Morgan fingerprint density at radius 2 is 1.56 bits per heavy atom. The molecule has 0 bridgehead atoms. The summed E-state index contributed by atoms with van der Waals surface area (Å²) in [4.78, 5) is 0.244. The summed E-state index contributed by atoms with van der Waals surface area (Å²) in [6, 6.07) is 11.6. The average Bonchev–Trinajstić information content (AvgIpc) is 2.62. The average molecular weight is 397 g/mol. The maximum Gasteiger partial charge on any atom is 0.416 e. The van der Waals surface area contributed by atoms with Gasteiger partial charge in [0, 0.05) is 12.6 Å². The highest BCUT2D eigenvalue weighted by atomic mass is 32.2. The molecule has 0 spiro atoms. The Kier molecular flexibility index (Phi) is 5.36. The van der Waals surface area contributed by atoms with Crippen LogP contribution in [0.15, 0.2) is 53.4 Å². The Hall–Kier alpha value is -1.86. The Morgan fingerprint density at radius 3 is 2.11 bits per heavy atom. The molecule has 1 fully saturated rings. The number of piperidine rings is 1. The number of aryl methyl sites for hydroxylation is 1. The number of halogens is 3. The van der Waals surface area contributed by atoms with Gasteiger partial charge in [0.05, 0.1) is 10.5 Å². The summed E-state index contributed by atoms with van der Waals surface area (Å²) in [6.07, 6.45) is -2.97. The normalized spacial score (nSPS) is 22.0. The fraction of sp³-hybridized carbons (Fsp3) is 0.400. The first-order valence-electron chi connectivity index (χ1n) is 8.84. The molecule has 2 aromatic rings. The Labute approximate surface area is 157 Å². The lowest BCUT2D eigenvalue weighted by Gasteiger charge is -2.37. The maximum atomic E-state index is 13.0. The van der Waals surface area contributed by atoms with Crippen molar-refractivity contribution in [1.29, 1.82) is 0 Å². The fourth-order valence-electron chi connectivity index (χ4n) is 3.47. The van der Waals surface area contributed by atoms with E-state index in [1.54, 1.807) is 24.3 Å². The molecule has 1 aliphatic rings. The van der Waals surface area contributed by atoms with Crippen molar-refractivity contribution >= 4 is 10.0 Å². The van der Waals surface area contributed by atoms with Crippen LogP contribution in [-0.2, 0) is 16.2 Å². The molecule has 27 heavy (non-hydrogen) atoms. The van der Waals surface area contributed by atoms with E-state index in [-0.39, 0.29) is 23.4 Å². The highest BCUT2D eigenvalue weighted by Crippen LogP contribution is 2.35. The first kappa shape index (κ1) is 19.9. The van der Waals surface area contributed by atoms with Crippen LogP contribution in [0.1, 0.15) is 42.4 Å². The van der Waals surface area contributed by atoms with Gasteiger partial charge in [-0.05, 0) is 62.4 Å². The van der Waals surface area contributed by atoms with Gasteiger partial charge in [-0.1, -0.05) is 29.8 Å². The lowest BCUT2D eigenvalue weighted by atomic mass is 9.89. The summed E-state index contributed by atoms with van der Waals surface area (Å²) in [5.41, 5.74) is 1.02. The molecule has 0 aromatic heterocycles. The van der Waals surface area contributed by atoms with Gasteiger partial charge in [-0.3, -0.25) is 0 Å². The molecule has 1 heterocycles. The summed E-state index contributed by atoms with van der Waals surface area (Å²) < 4.78 is 65.9. The molecule has 3 nitrogen and oxygen atoms in total. The first-order chi connectivity index (χ1) is 12.6. The van der Waals surface area contributed by atoms with Crippen molar-refractivity contribution in [1.82, 2.24) is 4.31 Å². The van der Waals surface area contributed by atoms with Crippen molar-refractivity contribution < 1.29 is 21.6 Å². The molecule has 2 aromatic carbocycles. The van der Waals surface area contributed by atoms with Crippen LogP contribution in [0.25, 0.3) is 0 Å².